The first-order valence-corrected chi connectivity index (χ1v) is 8.24. The smallest absolute Gasteiger partial charge is 0.118 e. The maximum absolute atomic E-state index is 6.37. The molecule has 1 aromatic carbocycles. The number of methoxy groups -OCH3 is 1. The van der Waals surface area contributed by atoms with Gasteiger partial charge >= 0.3 is 0 Å². The highest BCUT2D eigenvalue weighted by atomic mass is 16.5. The van der Waals surface area contributed by atoms with Gasteiger partial charge in [0.1, 0.15) is 5.75 Å². The van der Waals surface area contributed by atoms with Crippen molar-refractivity contribution in [2.75, 3.05) is 26.7 Å². The van der Waals surface area contributed by atoms with E-state index in [1.54, 1.807) is 7.11 Å². The second kappa shape index (κ2) is 7.28. The predicted octanol–water partition coefficient (Wildman–Crippen LogP) is 3.60. The highest BCUT2D eigenvalue weighted by molar-refractivity contribution is 5.29. The van der Waals surface area contributed by atoms with Crippen LogP contribution >= 0.6 is 0 Å². The maximum atomic E-state index is 6.37. The van der Waals surface area contributed by atoms with Crippen LogP contribution in [0, 0.1) is 5.41 Å². The Morgan fingerprint density at radius 3 is 2.19 bits per heavy atom. The largest absolute Gasteiger partial charge is 0.497 e. The number of ether oxygens (including phenoxy) is 1. The van der Waals surface area contributed by atoms with Crippen molar-refractivity contribution in [1.29, 1.82) is 0 Å². The highest BCUT2D eigenvalue weighted by Crippen LogP contribution is 2.38. The van der Waals surface area contributed by atoms with Crippen molar-refractivity contribution < 1.29 is 4.74 Å². The van der Waals surface area contributed by atoms with Crippen LogP contribution in [0.1, 0.15) is 51.1 Å². The average molecular weight is 290 g/mol. The van der Waals surface area contributed by atoms with Crippen LogP contribution in [0.4, 0.5) is 0 Å². The van der Waals surface area contributed by atoms with E-state index in [1.807, 2.05) is 12.1 Å². The Morgan fingerprint density at radius 2 is 1.71 bits per heavy atom. The molecule has 3 heteroatoms. The van der Waals surface area contributed by atoms with Gasteiger partial charge in [-0.1, -0.05) is 38.8 Å². The SMILES string of the molecule is CCC1(CC)CCN(CC(N)c2ccc(OC)cc2)CC1. The van der Waals surface area contributed by atoms with Gasteiger partial charge < -0.3 is 15.4 Å². The van der Waals surface area contributed by atoms with Gasteiger partial charge in [0.2, 0.25) is 0 Å². The minimum absolute atomic E-state index is 0.0895. The second-order valence-electron chi connectivity index (χ2n) is 6.39. The van der Waals surface area contributed by atoms with Gasteiger partial charge in [-0.25, -0.2) is 0 Å². The van der Waals surface area contributed by atoms with Crippen LogP contribution in [-0.2, 0) is 0 Å². The molecule has 1 heterocycles. The van der Waals surface area contributed by atoms with Crippen molar-refractivity contribution in [3.05, 3.63) is 29.8 Å². The third kappa shape index (κ3) is 3.98. The average Bonchev–Trinajstić information content (AvgIpc) is 2.56. The van der Waals surface area contributed by atoms with E-state index in [1.165, 1.54) is 44.3 Å². The zero-order chi connectivity index (χ0) is 15.3. The number of nitrogens with zero attached hydrogens (tertiary/aromatic N) is 1. The molecule has 2 rings (SSSR count). The van der Waals surface area contributed by atoms with E-state index >= 15 is 0 Å². The quantitative estimate of drug-likeness (QED) is 0.870. The molecular formula is C18H30N2O. The van der Waals surface area contributed by atoms with Gasteiger partial charge in [0.15, 0.2) is 0 Å². The van der Waals surface area contributed by atoms with Gasteiger partial charge in [0.25, 0.3) is 0 Å². The van der Waals surface area contributed by atoms with Gasteiger partial charge in [-0.05, 0) is 49.0 Å². The molecule has 0 amide bonds. The molecular weight excluding hydrogens is 260 g/mol. The molecule has 0 saturated carbocycles. The number of hydrogen-bond acceptors (Lipinski definition) is 3. The van der Waals surface area contributed by atoms with Crippen molar-refractivity contribution in [2.24, 2.45) is 11.1 Å². The minimum Gasteiger partial charge on any atom is -0.497 e. The number of nitrogens with two attached hydrogens (primary N) is 1. The number of hydrogen-bond donors (Lipinski definition) is 1. The Hall–Kier alpha value is -1.06. The lowest BCUT2D eigenvalue weighted by atomic mass is 9.74. The molecule has 1 saturated heterocycles. The van der Waals surface area contributed by atoms with E-state index in [9.17, 15) is 0 Å². The first kappa shape index (κ1) is 16.3. The number of benzene rings is 1. The van der Waals surface area contributed by atoms with Crippen molar-refractivity contribution >= 4 is 0 Å². The summed E-state index contributed by atoms with van der Waals surface area (Å²) in [4.78, 5) is 2.53. The summed E-state index contributed by atoms with van der Waals surface area (Å²) in [6.07, 6.45) is 5.24. The molecule has 0 radical (unpaired) electrons. The number of rotatable bonds is 6. The third-order valence-corrected chi connectivity index (χ3v) is 5.42. The van der Waals surface area contributed by atoms with E-state index in [2.05, 4.69) is 30.9 Å². The van der Waals surface area contributed by atoms with Crippen LogP contribution in [-0.4, -0.2) is 31.6 Å². The number of likely N-dealkylation sites (tertiary alicyclic amines) is 1. The Balaban J connectivity index is 1.87. The fourth-order valence-corrected chi connectivity index (χ4v) is 3.40. The van der Waals surface area contributed by atoms with Crippen LogP contribution in [0.5, 0.6) is 5.75 Å². The first-order valence-electron chi connectivity index (χ1n) is 8.24. The van der Waals surface area contributed by atoms with Gasteiger partial charge in [0.05, 0.1) is 7.11 Å². The first-order chi connectivity index (χ1) is 10.1. The fraction of sp³-hybridized carbons (Fsp3) is 0.667. The standard InChI is InChI=1S/C18H30N2O/c1-4-18(5-2)10-12-20(13-11-18)14-17(19)15-6-8-16(21-3)9-7-15/h6-9,17H,4-5,10-14,19H2,1-3H3. The zero-order valence-electron chi connectivity index (χ0n) is 13.8. The van der Waals surface area contributed by atoms with Crippen LogP contribution in [0.3, 0.4) is 0 Å². The lowest BCUT2D eigenvalue weighted by Gasteiger charge is -2.41. The molecule has 1 aromatic rings. The molecule has 1 aliphatic rings. The van der Waals surface area contributed by atoms with Crippen molar-refractivity contribution in [3.8, 4) is 5.75 Å². The molecule has 0 bridgehead atoms. The topological polar surface area (TPSA) is 38.5 Å². The van der Waals surface area contributed by atoms with E-state index < -0.39 is 0 Å². The molecule has 118 valence electrons. The summed E-state index contributed by atoms with van der Waals surface area (Å²) in [5, 5.41) is 0. The Labute approximate surface area is 129 Å². The van der Waals surface area contributed by atoms with Gasteiger partial charge in [-0.15, -0.1) is 0 Å². The Kier molecular flexibility index (Phi) is 5.65. The molecule has 1 fully saturated rings. The zero-order valence-corrected chi connectivity index (χ0v) is 13.8. The van der Waals surface area contributed by atoms with Crippen molar-refractivity contribution in [2.45, 2.75) is 45.6 Å². The van der Waals surface area contributed by atoms with Crippen LogP contribution < -0.4 is 10.5 Å². The summed E-state index contributed by atoms with van der Waals surface area (Å²) >= 11 is 0. The summed E-state index contributed by atoms with van der Waals surface area (Å²) in [6, 6.07) is 8.23. The molecule has 21 heavy (non-hydrogen) atoms. The monoisotopic (exact) mass is 290 g/mol. The molecule has 1 unspecified atom stereocenters. The van der Waals surface area contributed by atoms with Crippen LogP contribution in [0.25, 0.3) is 0 Å². The lowest BCUT2D eigenvalue weighted by Crippen LogP contribution is -2.42. The maximum Gasteiger partial charge on any atom is 0.118 e. The highest BCUT2D eigenvalue weighted by Gasteiger charge is 2.31. The second-order valence-corrected chi connectivity index (χ2v) is 6.39. The molecule has 0 aliphatic carbocycles. The lowest BCUT2D eigenvalue weighted by molar-refractivity contribution is 0.0914. The molecule has 2 N–H and O–H groups in total. The van der Waals surface area contributed by atoms with Crippen molar-refractivity contribution in [1.82, 2.24) is 4.90 Å². The van der Waals surface area contributed by atoms with Crippen LogP contribution in [0.15, 0.2) is 24.3 Å². The minimum atomic E-state index is 0.0895. The third-order valence-electron chi connectivity index (χ3n) is 5.42. The normalized spacial score (nSPS) is 20.2. The number of piperidine rings is 1. The predicted molar refractivity (Wildman–Crippen MR) is 88.6 cm³/mol. The molecule has 1 atom stereocenters. The summed E-state index contributed by atoms with van der Waals surface area (Å²) in [5.74, 6) is 0.889. The summed E-state index contributed by atoms with van der Waals surface area (Å²) in [5.41, 5.74) is 8.14. The van der Waals surface area contributed by atoms with Gasteiger partial charge in [0, 0.05) is 12.6 Å². The van der Waals surface area contributed by atoms with E-state index in [-0.39, 0.29) is 6.04 Å². The van der Waals surface area contributed by atoms with E-state index in [0.29, 0.717) is 5.41 Å². The molecule has 0 aromatic heterocycles. The summed E-state index contributed by atoms with van der Waals surface area (Å²) in [7, 11) is 1.69. The van der Waals surface area contributed by atoms with E-state index in [0.717, 1.165) is 12.3 Å². The summed E-state index contributed by atoms with van der Waals surface area (Å²) < 4.78 is 5.20. The van der Waals surface area contributed by atoms with Crippen LogP contribution in [0.2, 0.25) is 0 Å². The molecule has 3 nitrogen and oxygen atoms in total. The van der Waals surface area contributed by atoms with E-state index in [4.69, 9.17) is 10.5 Å². The van der Waals surface area contributed by atoms with Gasteiger partial charge in [-0.2, -0.15) is 0 Å². The fourth-order valence-electron chi connectivity index (χ4n) is 3.40. The van der Waals surface area contributed by atoms with Crippen molar-refractivity contribution in [3.63, 3.8) is 0 Å². The molecule has 1 aliphatic heterocycles. The Bertz CT molecular complexity index is 415. The van der Waals surface area contributed by atoms with Gasteiger partial charge in [-0.3, -0.25) is 0 Å². The summed E-state index contributed by atoms with van der Waals surface area (Å²) in [6.45, 7) is 8.00. The Morgan fingerprint density at radius 1 is 1.14 bits per heavy atom. The molecule has 0 spiro atoms.